The van der Waals surface area contributed by atoms with Gasteiger partial charge >= 0.3 is 0 Å². The summed E-state index contributed by atoms with van der Waals surface area (Å²) in [4.78, 5) is 0. The van der Waals surface area contributed by atoms with Crippen molar-refractivity contribution in [3.63, 3.8) is 0 Å². The predicted molar refractivity (Wildman–Crippen MR) is 343 cm³/mol. The first kappa shape index (κ1) is 46.7. The highest BCUT2D eigenvalue weighted by Gasteiger charge is 2.21. The minimum absolute atomic E-state index is 1.13. The molecule has 0 radical (unpaired) electrons. The second-order valence-corrected chi connectivity index (χ2v) is 20.8. The Morgan fingerprint density at radius 1 is 0.188 bits per heavy atom. The van der Waals surface area contributed by atoms with Gasteiger partial charge in [0.1, 0.15) is 0 Å². The summed E-state index contributed by atoms with van der Waals surface area (Å²) in [5.41, 5.74) is 21.1. The summed E-state index contributed by atoms with van der Waals surface area (Å²) >= 11 is 0. The zero-order valence-corrected chi connectivity index (χ0v) is 43.9. The maximum atomic E-state index is 2.44. The lowest BCUT2D eigenvalue weighted by molar-refractivity contribution is 1.18. The zero-order chi connectivity index (χ0) is 52.9. The summed E-state index contributed by atoms with van der Waals surface area (Å²) in [5, 5.41) is 9.81. The molecule has 15 aromatic rings. The maximum Gasteiger partial charge on any atom is 0.0541 e. The summed E-state index contributed by atoms with van der Waals surface area (Å²) in [6.45, 7) is 0. The van der Waals surface area contributed by atoms with Crippen LogP contribution in [0.4, 0.5) is 0 Å². The summed E-state index contributed by atoms with van der Waals surface area (Å²) < 4.78 is 4.81. The molecule has 0 aliphatic rings. The Morgan fingerprint density at radius 2 is 0.487 bits per heavy atom. The van der Waals surface area contributed by atoms with Crippen LogP contribution in [0.5, 0.6) is 0 Å². The van der Waals surface area contributed by atoms with E-state index in [1.54, 1.807) is 0 Å². The molecule has 13 aromatic carbocycles. The molecule has 0 amide bonds. The second kappa shape index (κ2) is 19.8. The van der Waals surface area contributed by atoms with Crippen LogP contribution in [0, 0.1) is 0 Å². The molecule has 2 heteroatoms. The Bertz CT molecular complexity index is 4480. The molecular formula is C78H52N2. The first-order valence-corrected chi connectivity index (χ1v) is 27.6. The van der Waals surface area contributed by atoms with E-state index in [1.165, 1.54) is 110 Å². The topological polar surface area (TPSA) is 9.86 Å². The molecule has 0 unspecified atom stereocenters. The van der Waals surface area contributed by atoms with Crippen LogP contribution in [0.2, 0.25) is 0 Å². The normalized spacial score (nSPS) is 11.9. The molecule has 0 atom stereocenters. The third-order valence-electron chi connectivity index (χ3n) is 16.1. The van der Waals surface area contributed by atoms with Gasteiger partial charge in [-0.05, 0) is 161 Å². The van der Waals surface area contributed by atoms with Gasteiger partial charge in [0.25, 0.3) is 0 Å². The van der Waals surface area contributed by atoms with Crippen LogP contribution in [-0.4, -0.2) is 9.13 Å². The number of aromatic nitrogens is 2. The minimum Gasteiger partial charge on any atom is -0.309 e. The van der Waals surface area contributed by atoms with Gasteiger partial charge in [0.2, 0.25) is 0 Å². The van der Waals surface area contributed by atoms with E-state index in [2.05, 4.69) is 325 Å². The van der Waals surface area contributed by atoms with Gasteiger partial charge in [-0.3, -0.25) is 0 Å². The maximum absolute atomic E-state index is 2.44. The van der Waals surface area contributed by atoms with E-state index < -0.39 is 0 Å². The van der Waals surface area contributed by atoms with E-state index in [-0.39, 0.29) is 0 Å². The average Bonchev–Trinajstić information content (AvgIpc) is 4.12. The number of benzene rings is 13. The van der Waals surface area contributed by atoms with Crippen molar-refractivity contribution < 1.29 is 0 Å². The van der Waals surface area contributed by atoms with Crippen molar-refractivity contribution in [1.29, 1.82) is 0 Å². The van der Waals surface area contributed by atoms with Crippen LogP contribution in [0.1, 0.15) is 22.3 Å². The van der Waals surface area contributed by atoms with Gasteiger partial charge in [-0.1, -0.05) is 243 Å². The molecule has 2 heterocycles. The van der Waals surface area contributed by atoms with Gasteiger partial charge in [-0.2, -0.15) is 0 Å². The molecule has 80 heavy (non-hydrogen) atoms. The molecule has 0 N–H and O–H groups in total. The molecular weight excluding hydrogens is 965 g/mol. The fourth-order valence-corrected chi connectivity index (χ4v) is 12.3. The van der Waals surface area contributed by atoms with Gasteiger partial charge in [0.05, 0.1) is 22.1 Å². The molecule has 0 saturated heterocycles. The fourth-order valence-electron chi connectivity index (χ4n) is 12.3. The largest absolute Gasteiger partial charge is 0.309 e. The number of para-hydroxylation sites is 4. The number of rotatable bonds is 10. The van der Waals surface area contributed by atoms with Crippen molar-refractivity contribution >= 4 is 89.5 Å². The monoisotopic (exact) mass is 1020 g/mol. The first-order chi connectivity index (χ1) is 39.7. The van der Waals surface area contributed by atoms with E-state index in [0.717, 1.165) is 33.6 Å². The number of hydrogen-bond acceptors (Lipinski definition) is 0. The highest BCUT2D eigenvalue weighted by Crippen LogP contribution is 2.47. The lowest BCUT2D eigenvalue weighted by Crippen LogP contribution is -1.96. The van der Waals surface area contributed by atoms with Crippen molar-refractivity contribution in [2.75, 3.05) is 0 Å². The summed E-state index contributed by atoms with van der Waals surface area (Å²) in [6.07, 6.45) is 8.81. The molecule has 0 spiro atoms. The van der Waals surface area contributed by atoms with E-state index >= 15 is 0 Å². The summed E-state index contributed by atoms with van der Waals surface area (Å²) in [7, 11) is 0. The highest BCUT2D eigenvalue weighted by atomic mass is 15.0. The third kappa shape index (κ3) is 8.30. The van der Waals surface area contributed by atoms with Crippen molar-refractivity contribution in [2.24, 2.45) is 0 Å². The van der Waals surface area contributed by atoms with Crippen molar-refractivity contribution in [3.05, 3.63) is 313 Å². The van der Waals surface area contributed by atoms with Gasteiger partial charge < -0.3 is 9.13 Å². The van der Waals surface area contributed by atoms with Gasteiger partial charge in [-0.15, -0.1) is 0 Å². The van der Waals surface area contributed by atoms with Crippen LogP contribution >= 0.6 is 0 Å². The van der Waals surface area contributed by atoms with E-state index in [9.17, 15) is 0 Å². The molecule has 374 valence electrons. The van der Waals surface area contributed by atoms with E-state index in [4.69, 9.17) is 0 Å². The summed E-state index contributed by atoms with van der Waals surface area (Å²) in [5.74, 6) is 0. The third-order valence-corrected chi connectivity index (χ3v) is 16.1. The predicted octanol–water partition coefficient (Wildman–Crippen LogP) is 21.2. The van der Waals surface area contributed by atoms with Crippen LogP contribution in [0.15, 0.2) is 291 Å². The Labute approximate surface area is 465 Å². The minimum atomic E-state index is 1.13. The standard InChI is InChI=1S/C78H52N2/c1-3-17-53(18-4-1)33-35-55-21-15-23-59(49-55)61-41-47-69-71(51-61)77(57-37-43-63(44-38-57)79-73-29-11-7-25-65(73)66-26-8-12-30-74(66)79)70-48-42-62(60-24-16-22-56(50-60)36-34-54-19-5-2-6-20-54)52-72(70)78(69)58-39-45-64(46-40-58)80-75-31-13-9-27-67(75)68-28-10-14-32-76(68)80/h1-52H/b35-33+,36-34+. The van der Waals surface area contributed by atoms with Gasteiger partial charge in [0, 0.05) is 32.9 Å². The Hall–Kier alpha value is -10.5. The number of fused-ring (bicyclic) bond motifs is 8. The molecule has 0 bridgehead atoms. The highest BCUT2D eigenvalue weighted by molar-refractivity contribution is 6.23. The quantitative estimate of drug-likeness (QED) is 0.0954. The zero-order valence-electron chi connectivity index (χ0n) is 43.9. The second-order valence-electron chi connectivity index (χ2n) is 20.8. The van der Waals surface area contributed by atoms with Gasteiger partial charge in [0.15, 0.2) is 0 Å². The smallest absolute Gasteiger partial charge is 0.0541 e. The van der Waals surface area contributed by atoms with Crippen molar-refractivity contribution in [3.8, 4) is 55.9 Å². The number of nitrogens with zero attached hydrogens (tertiary/aromatic N) is 2. The average molecular weight is 1020 g/mol. The summed E-state index contributed by atoms with van der Waals surface area (Å²) in [6, 6.07) is 107. The van der Waals surface area contributed by atoms with E-state index in [1.807, 2.05) is 0 Å². The molecule has 0 aliphatic carbocycles. The Kier molecular flexibility index (Phi) is 11.6. The van der Waals surface area contributed by atoms with Crippen LogP contribution < -0.4 is 0 Å². The lowest BCUT2D eigenvalue weighted by Gasteiger charge is -2.20. The van der Waals surface area contributed by atoms with Crippen LogP contribution in [0.25, 0.3) is 145 Å². The first-order valence-electron chi connectivity index (χ1n) is 27.6. The van der Waals surface area contributed by atoms with Crippen LogP contribution in [0.3, 0.4) is 0 Å². The van der Waals surface area contributed by atoms with Crippen molar-refractivity contribution in [2.45, 2.75) is 0 Å². The molecule has 2 nitrogen and oxygen atoms in total. The molecule has 15 rings (SSSR count). The Balaban J connectivity index is 0.954. The Morgan fingerprint density at radius 3 is 0.863 bits per heavy atom. The van der Waals surface area contributed by atoms with E-state index in [0.29, 0.717) is 0 Å². The SMILES string of the molecule is C(=C\c1cccc(-c2ccc3c(-c4ccc(-n5c6ccccc6c6ccccc65)cc4)c4cc(-c5cccc(/C=C/c6ccccc6)c5)ccc4c(-c4ccc(-n5c6ccccc6c6ccccc65)cc4)c3c2)c1)/c1ccccc1. The molecule has 0 fully saturated rings. The number of hydrogen-bond donors (Lipinski definition) is 0. The van der Waals surface area contributed by atoms with Crippen LogP contribution in [-0.2, 0) is 0 Å². The van der Waals surface area contributed by atoms with Crippen molar-refractivity contribution in [1.82, 2.24) is 9.13 Å². The van der Waals surface area contributed by atoms with Gasteiger partial charge in [-0.25, -0.2) is 0 Å². The lowest BCUT2D eigenvalue weighted by atomic mass is 9.83. The fraction of sp³-hybridized carbons (Fsp3) is 0. The molecule has 0 aliphatic heterocycles. The molecule has 0 saturated carbocycles. The molecule has 2 aromatic heterocycles.